The molecule has 2 rings (SSSR count). The third-order valence-corrected chi connectivity index (χ3v) is 4.25. The zero-order valence-corrected chi connectivity index (χ0v) is 10.5. The number of imide groups is 1. The lowest BCUT2D eigenvalue weighted by atomic mass is 10.00. The zero-order chi connectivity index (χ0) is 11.9. The minimum absolute atomic E-state index is 0.0370. The fraction of sp³-hybridized carbons (Fsp3) is 0.833. The van der Waals surface area contributed by atoms with Crippen molar-refractivity contribution in [3.8, 4) is 0 Å². The Morgan fingerprint density at radius 2 is 1.81 bits per heavy atom. The number of carbonyl (C=O) groups is 2. The molecule has 2 fully saturated rings. The van der Waals surface area contributed by atoms with E-state index in [1.54, 1.807) is 0 Å². The maximum absolute atomic E-state index is 12.1. The molecule has 4 heteroatoms. The predicted octanol–water partition coefficient (Wildman–Crippen LogP) is 1.89. The number of carbonyl (C=O) groups excluding carboxylic acids is 2. The molecule has 90 valence electrons. The van der Waals surface area contributed by atoms with E-state index in [9.17, 15) is 9.59 Å². The van der Waals surface area contributed by atoms with Gasteiger partial charge in [-0.15, -0.1) is 11.6 Å². The first kappa shape index (κ1) is 11.9. The fourth-order valence-electron chi connectivity index (χ4n) is 2.89. The molecular formula is C12H18ClNO2. The summed E-state index contributed by atoms with van der Waals surface area (Å²) in [5, 5.41) is 0. The summed E-state index contributed by atoms with van der Waals surface area (Å²) in [6.07, 6.45) is 1.75. The minimum atomic E-state index is -0.0370. The zero-order valence-electron chi connectivity index (χ0n) is 9.78. The summed E-state index contributed by atoms with van der Waals surface area (Å²) in [7, 11) is 0. The van der Waals surface area contributed by atoms with Gasteiger partial charge in [0.05, 0.1) is 11.8 Å². The Labute approximate surface area is 101 Å². The summed E-state index contributed by atoms with van der Waals surface area (Å²) in [6.45, 7) is 4.57. The molecule has 3 unspecified atom stereocenters. The maximum atomic E-state index is 12.1. The first-order valence-corrected chi connectivity index (χ1v) is 6.49. The van der Waals surface area contributed by atoms with Crippen LogP contribution in [0.2, 0.25) is 0 Å². The maximum Gasteiger partial charge on any atom is 0.233 e. The molecule has 1 heterocycles. The van der Waals surface area contributed by atoms with E-state index in [1.165, 1.54) is 4.90 Å². The smallest absolute Gasteiger partial charge is 0.233 e. The lowest BCUT2D eigenvalue weighted by Crippen LogP contribution is -2.36. The molecule has 0 bridgehead atoms. The van der Waals surface area contributed by atoms with Gasteiger partial charge in [-0.1, -0.05) is 13.8 Å². The number of likely N-dealkylation sites (tertiary alicyclic amines) is 1. The molecule has 2 aliphatic rings. The average Bonchev–Trinajstić information content (AvgIpc) is 2.73. The lowest BCUT2D eigenvalue weighted by Gasteiger charge is -2.19. The Kier molecular flexibility index (Phi) is 3.24. The number of hydrogen-bond acceptors (Lipinski definition) is 2. The van der Waals surface area contributed by atoms with Crippen molar-refractivity contribution in [2.45, 2.75) is 26.7 Å². The van der Waals surface area contributed by atoms with Crippen molar-refractivity contribution in [1.82, 2.24) is 4.90 Å². The molecule has 0 spiro atoms. The highest BCUT2D eigenvalue weighted by molar-refractivity contribution is 6.18. The SMILES string of the molecule is CC1CC2C(=O)N(CC(C)CCl)C(=O)C2C1. The van der Waals surface area contributed by atoms with Gasteiger partial charge in [-0.3, -0.25) is 14.5 Å². The third-order valence-electron chi connectivity index (χ3n) is 3.72. The molecule has 1 saturated heterocycles. The Morgan fingerprint density at radius 3 is 2.25 bits per heavy atom. The summed E-state index contributed by atoms with van der Waals surface area (Å²) in [6, 6.07) is 0. The van der Waals surface area contributed by atoms with Crippen molar-refractivity contribution in [2.75, 3.05) is 12.4 Å². The molecule has 1 aliphatic heterocycles. The second-order valence-electron chi connectivity index (χ2n) is 5.34. The predicted molar refractivity (Wildman–Crippen MR) is 62.0 cm³/mol. The van der Waals surface area contributed by atoms with Crippen LogP contribution < -0.4 is 0 Å². The van der Waals surface area contributed by atoms with Gasteiger partial charge in [0, 0.05) is 12.4 Å². The number of nitrogens with zero attached hydrogens (tertiary/aromatic N) is 1. The first-order chi connectivity index (χ1) is 7.54. The van der Waals surface area contributed by atoms with Gasteiger partial charge in [0.25, 0.3) is 0 Å². The van der Waals surface area contributed by atoms with Crippen LogP contribution in [-0.2, 0) is 9.59 Å². The van der Waals surface area contributed by atoms with E-state index in [4.69, 9.17) is 11.6 Å². The second kappa shape index (κ2) is 4.36. The van der Waals surface area contributed by atoms with Crippen LogP contribution in [0.15, 0.2) is 0 Å². The van der Waals surface area contributed by atoms with E-state index < -0.39 is 0 Å². The number of fused-ring (bicyclic) bond motifs is 1. The summed E-state index contributed by atoms with van der Waals surface area (Å²) in [5.74, 6) is 1.19. The number of amides is 2. The molecule has 0 N–H and O–H groups in total. The van der Waals surface area contributed by atoms with E-state index in [0.29, 0.717) is 18.3 Å². The molecule has 0 aromatic carbocycles. The van der Waals surface area contributed by atoms with Gasteiger partial charge in [0.1, 0.15) is 0 Å². The lowest BCUT2D eigenvalue weighted by molar-refractivity contribution is -0.141. The standard InChI is InChI=1S/C12H18ClNO2/c1-7-3-9-10(4-7)12(16)14(11(9)15)6-8(2)5-13/h7-10H,3-6H2,1-2H3. The van der Waals surface area contributed by atoms with Crippen molar-refractivity contribution in [2.24, 2.45) is 23.7 Å². The Balaban J connectivity index is 2.08. The van der Waals surface area contributed by atoms with Crippen LogP contribution in [0.1, 0.15) is 26.7 Å². The summed E-state index contributed by atoms with van der Waals surface area (Å²) < 4.78 is 0. The van der Waals surface area contributed by atoms with Gasteiger partial charge in [-0.2, -0.15) is 0 Å². The van der Waals surface area contributed by atoms with Gasteiger partial charge in [0.15, 0.2) is 0 Å². The van der Waals surface area contributed by atoms with Crippen molar-refractivity contribution in [3.63, 3.8) is 0 Å². The van der Waals surface area contributed by atoms with Gasteiger partial charge in [-0.25, -0.2) is 0 Å². The van der Waals surface area contributed by atoms with Crippen LogP contribution >= 0.6 is 11.6 Å². The highest BCUT2D eigenvalue weighted by Gasteiger charge is 2.51. The Hall–Kier alpha value is -0.570. The van der Waals surface area contributed by atoms with Crippen molar-refractivity contribution in [1.29, 1.82) is 0 Å². The molecule has 2 amide bonds. The summed E-state index contributed by atoms with van der Waals surface area (Å²) in [5.41, 5.74) is 0. The third kappa shape index (κ3) is 1.86. The molecule has 3 nitrogen and oxygen atoms in total. The monoisotopic (exact) mass is 243 g/mol. The molecule has 3 atom stereocenters. The van der Waals surface area contributed by atoms with Crippen LogP contribution in [0.5, 0.6) is 0 Å². The quantitative estimate of drug-likeness (QED) is 0.561. The topological polar surface area (TPSA) is 37.4 Å². The van der Waals surface area contributed by atoms with Crippen LogP contribution in [-0.4, -0.2) is 29.1 Å². The van der Waals surface area contributed by atoms with Crippen molar-refractivity contribution in [3.05, 3.63) is 0 Å². The van der Waals surface area contributed by atoms with Crippen LogP contribution in [0, 0.1) is 23.7 Å². The van der Waals surface area contributed by atoms with Crippen LogP contribution in [0.3, 0.4) is 0 Å². The first-order valence-electron chi connectivity index (χ1n) is 5.95. The van der Waals surface area contributed by atoms with E-state index in [2.05, 4.69) is 6.92 Å². The van der Waals surface area contributed by atoms with E-state index >= 15 is 0 Å². The summed E-state index contributed by atoms with van der Waals surface area (Å²) >= 11 is 5.72. The van der Waals surface area contributed by atoms with Gasteiger partial charge in [-0.05, 0) is 24.7 Å². The van der Waals surface area contributed by atoms with Gasteiger partial charge < -0.3 is 0 Å². The van der Waals surface area contributed by atoms with E-state index in [0.717, 1.165) is 12.8 Å². The minimum Gasteiger partial charge on any atom is -0.282 e. The number of rotatable bonds is 3. The van der Waals surface area contributed by atoms with Gasteiger partial charge in [0.2, 0.25) is 11.8 Å². The Bertz CT molecular complexity index is 294. The summed E-state index contributed by atoms with van der Waals surface area (Å²) in [4.78, 5) is 25.6. The largest absolute Gasteiger partial charge is 0.282 e. The van der Waals surface area contributed by atoms with Gasteiger partial charge >= 0.3 is 0 Å². The van der Waals surface area contributed by atoms with E-state index in [-0.39, 0.29) is 29.6 Å². The van der Waals surface area contributed by atoms with Crippen molar-refractivity contribution < 1.29 is 9.59 Å². The molecule has 1 saturated carbocycles. The van der Waals surface area contributed by atoms with Crippen LogP contribution in [0.25, 0.3) is 0 Å². The fourth-order valence-corrected chi connectivity index (χ4v) is 2.98. The van der Waals surface area contributed by atoms with E-state index in [1.807, 2.05) is 6.92 Å². The Morgan fingerprint density at radius 1 is 1.31 bits per heavy atom. The number of halogens is 1. The number of hydrogen-bond donors (Lipinski definition) is 0. The van der Waals surface area contributed by atoms with Crippen molar-refractivity contribution >= 4 is 23.4 Å². The average molecular weight is 244 g/mol. The molecule has 0 aromatic heterocycles. The highest BCUT2D eigenvalue weighted by atomic mass is 35.5. The molecule has 0 aromatic rings. The molecular weight excluding hydrogens is 226 g/mol. The molecule has 1 aliphatic carbocycles. The molecule has 16 heavy (non-hydrogen) atoms. The molecule has 0 radical (unpaired) electrons. The normalized spacial score (nSPS) is 35.7. The second-order valence-corrected chi connectivity index (χ2v) is 5.64. The highest BCUT2D eigenvalue weighted by Crippen LogP contribution is 2.42. The van der Waals surface area contributed by atoms with Crippen LogP contribution in [0.4, 0.5) is 0 Å². The number of alkyl halides is 1.